The highest BCUT2D eigenvalue weighted by Gasteiger charge is 2.04. The summed E-state index contributed by atoms with van der Waals surface area (Å²) in [6.45, 7) is 4.68. The molecular formula is C10H14FNO. The summed E-state index contributed by atoms with van der Waals surface area (Å²) >= 11 is 0. The summed E-state index contributed by atoms with van der Waals surface area (Å²) in [6, 6.07) is 3.25. The van der Waals surface area contributed by atoms with Gasteiger partial charge in [0.1, 0.15) is 0 Å². The number of aromatic nitrogens is 1. The van der Waals surface area contributed by atoms with E-state index in [9.17, 15) is 4.39 Å². The molecule has 3 heteroatoms. The minimum Gasteiger partial charge on any atom is -0.489 e. The van der Waals surface area contributed by atoms with Gasteiger partial charge in [0.2, 0.25) is 0 Å². The molecule has 0 aliphatic carbocycles. The molecule has 0 amide bonds. The highest BCUT2D eigenvalue weighted by molar-refractivity contribution is 5.17. The van der Waals surface area contributed by atoms with Gasteiger partial charge in [0.05, 0.1) is 6.61 Å². The minimum atomic E-state index is -0.536. The molecule has 1 unspecified atom stereocenters. The topological polar surface area (TPSA) is 22.1 Å². The lowest BCUT2D eigenvalue weighted by molar-refractivity contribution is 0.243. The standard InChI is InChI=1S/C10H14FNO/c1-3-8(2)7-13-9-5-4-6-12-10(9)11/h4-6,8H,3,7H2,1-2H3. The maximum Gasteiger partial charge on any atom is 0.255 e. The second kappa shape index (κ2) is 4.80. The summed E-state index contributed by atoms with van der Waals surface area (Å²) in [5.41, 5.74) is 0. The van der Waals surface area contributed by atoms with E-state index in [1.54, 1.807) is 12.1 Å². The lowest BCUT2D eigenvalue weighted by atomic mass is 10.1. The number of hydrogen-bond acceptors (Lipinski definition) is 2. The Balaban J connectivity index is 2.50. The van der Waals surface area contributed by atoms with Gasteiger partial charge in [0, 0.05) is 6.20 Å². The fourth-order valence-corrected chi connectivity index (χ4v) is 0.829. The van der Waals surface area contributed by atoms with Gasteiger partial charge < -0.3 is 4.74 Å². The fourth-order valence-electron chi connectivity index (χ4n) is 0.829. The van der Waals surface area contributed by atoms with Gasteiger partial charge in [-0.15, -0.1) is 0 Å². The van der Waals surface area contributed by atoms with Crippen molar-refractivity contribution in [3.05, 3.63) is 24.3 Å². The molecule has 0 N–H and O–H groups in total. The van der Waals surface area contributed by atoms with Crippen molar-refractivity contribution in [3.8, 4) is 5.75 Å². The van der Waals surface area contributed by atoms with Crippen molar-refractivity contribution in [3.63, 3.8) is 0 Å². The molecule has 1 rings (SSSR count). The highest BCUT2D eigenvalue weighted by atomic mass is 19.1. The number of halogens is 1. The van der Waals surface area contributed by atoms with Crippen LogP contribution in [0.25, 0.3) is 0 Å². The van der Waals surface area contributed by atoms with E-state index >= 15 is 0 Å². The number of rotatable bonds is 4. The molecular weight excluding hydrogens is 169 g/mol. The molecule has 0 spiro atoms. The van der Waals surface area contributed by atoms with Crippen LogP contribution in [0.5, 0.6) is 5.75 Å². The van der Waals surface area contributed by atoms with Gasteiger partial charge in [0.15, 0.2) is 5.75 Å². The van der Waals surface area contributed by atoms with Crippen molar-refractivity contribution in [2.75, 3.05) is 6.61 Å². The van der Waals surface area contributed by atoms with E-state index in [0.717, 1.165) is 6.42 Å². The average molecular weight is 183 g/mol. The molecule has 0 fully saturated rings. The molecule has 0 aliphatic heterocycles. The first-order chi connectivity index (χ1) is 6.24. The van der Waals surface area contributed by atoms with Crippen molar-refractivity contribution in [1.82, 2.24) is 4.98 Å². The normalized spacial score (nSPS) is 12.5. The predicted molar refractivity (Wildman–Crippen MR) is 49.1 cm³/mol. The Kier molecular flexibility index (Phi) is 3.68. The molecule has 1 atom stereocenters. The van der Waals surface area contributed by atoms with Crippen LogP contribution in [0.15, 0.2) is 18.3 Å². The zero-order chi connectivity index (χ0) is 9.68. The molecule has 0 saturated carbocycles. The van der Waals surface area contributed by atoms with E-state index in [-0.39, 0.29) is 5.75 Å². The van der Waals surface area contributed by atoms with Crippen LogP contribution in [0.4, 0.5) is 4.39 Å². The van der Waals surface area contributed by atoms with Crippen LogP contribution in [0.3, 0.4) is 0 Å². The van der Waals surface area contributed by atoms with E-state index in [0.29, 0.717) is 12.5 Å². The third kappa shape index (κ3) is 3.01. The first kappa shape index (κ1) is 9.96. The van der Waals surface area contributed by atoms with Crippen molar-refractivity contribution in [1.29, 1.82) is 0 Å². The smallest absolute Gasteiger partial charge is 0.255 e. The highest BCUT2D eigenvalue weighted by Crippen LogP contribution is 2.14. The van der Waals surface area contributed by atoms with Gasteiger partial charge in [-0.2, -0.15) is 4.39 Å². The van der Waals surface area contributed by atoms with Gasteiger partial charge in [-0.25, -0.2) is 4.98 Å². The molecule has 2 nitrogen and oxygen atoms in total. The second-order valence-electron chi connectivity index (χ2n) is 3.12. The number of hydrogen-bond donors (Lipinski definition) is 0. The minimum absolute atomic E-state index is 0.239. The Hall–Kier alpha value is -1.12. The Labute approximate surface area is 77.8 Å². The predicted octanol–water partition coefficient (Wildman–Crippen LogP) is 2.65. The van der Waals surface area contributed by atoms with E-state index in [1.165, 1.54) is 6.20 Å². The van der Waals surface area contributed by atoms with Gasteiger partial charge >= 0.3 is 0 Å². The Morgan fingerprint density at radius 1 is 1.62 bits per heavy atom. The first-order valence-electron chi connectivity index (χ1n) is 4.47. The van der Waals surface area contributed by atoms with Crippen molar-refractivity contribution >= 4 is 0 Å². The van der Waals surface area contributed by atoms with E-state index < -0.39 is 5.95 Å². The largest absolute Gasteiger partial charge is 0.489 e. The van der Waals surface area contributed by atoms with E-state index in [4.69, 9.17) is 4.74 Å². The molecule has 0 aliphatic rings. The molecule has 0 bridgehead atoms. The van der Waals surface area contributed by atoms with Crippen molar-refractivity contribution in [2.45, 2.75) is 20.3 Å². The Morgan fingerprint density at radius 2 is 2.38 bits per heavy atom. The zero-order valence-corrected chi connectivity index (χ0v) is 7.96. The lowest BCUT2D eigenvalue weighted by Gasteiger charge is -2.10. The zero-order valence-electron chi connectivity index (χ0n) is 7.96. The van der Waals surface area contributed by atoms with Crippen molar-refractivity contribution < 1.29 is 9.13 Å². The third-order valence-electron chi connectivity index (χ3n) is 1.95. The molecule has 13 heavy (non-hydrogen) atoms. The average Bonchev–Trinajstić information content (AvgIpc) is 2.16. The first-order valence-corrected chi connectivity index (χ1v) is 4.47. The van der Waals surface area contributed by atoms with E-state index in [1.807, 2.05) is 0 Å². The van der Waals surface area contributed by atoms with Crippen molar-refractivity contribution in [2.24, 2.45) is 5.92 Å². The molecule has 1 aromatic heterocycles. The second-order valence-corrected chi connectivity index (χ2v) is 3.12. The van der Waals surface area contributed by atoms with Crippen LogP contribution in [-0.2, 0) is 0 Å². The van der Waals surface area contributed by atoms with E-state index in [2.05, 4.69) is 18.8 Å². The van der Waals surface area contributed by atoms with Crippen LogP contribution in [0.2, 0.25) is 0 Å². The monoisotopic (exact) mass is 183 g/mol. The number of pyridine rings is 1. The quantitative estimate of drug-likeness (QED) is 0.669. The van der Waals surface area contributed by atoms with Gasteiger partial charge in [0.25, 0.3) is 5.95 Å². The molecule has 0 saturated heterocycles. The Morgan fingerprint density at radius 3 is 3.00 bits per heavy atom. The molecule has 0 radical (unpaired) electrons. The summed E-state index contributed by atoms with van der Waals surface area (Å²) in [5, 5.41) is 0. The van der Waals surface area contributed by atoms with Gasteiger partial charge in [-0.1, -0.05) is 20.3 Å². The van der Waals surface area contributed by atoms with Gasteiger partial charge in [-0.3, -0.25) is 0 Å². The maximum absolute atomic E-state index is 12.9. The maximum atomic E-state index is 12.9. The summed E-state index contributed by atoms with van der Waals surface area (Å²) in [4.78, 5) is 3.49. The van der Waals surface area contributed by atoms with Crippen LogP contribution < -0.4 is 4.74 Å². The third-order valence-corrected chi connectivity index (χ3v) is 1.95. The SMILES string of the molecule is CCC(C)COc1cccnc1F. The van der Waals surface area contributed by atoms with Gasteiger partial charge in [-0.05, 0) is 18.1 Å². The summed E-state index contributed by atoms with van der Waals surface area (Å²) in [6.07, 6.45) is 2.44. The fraction of sp³-hybridized carbons (Fsp3) is 0.500. The number of nitrogens with zero attached hydrogens (tertiary/aromatic N) is 1. The lowest BCUT2D eigenvalue weighted by Crippen LogP contribution is -2.08. The molecule has 1 aromatic rings. The number of ether oxygens (including phenoxy) is 1. The molecule has 1 heterocycles. The Bertz CT molecular complexity index is 265. The van der Waals surface area contributed by atoms with Crippen LogP contribution in [0, 0.1) is 11.9 Å². The summed E-state index contributed by atoms with van der Waals surface area (Å²) in [5.74, 6) is 0.146. The van der Waals surface area contributed by atoms with Crippen LogP contribution in [0.1, 0.15) is 20.3 Å². The van der Waals surface area contributed by atoms with Crippen LogP contribution in [-0.4, -0.2) is 11.6 Å². The summed E-state index contributed by atoms with van der Waals surface area (Å²) < 4.78 is 18.2. The molecule has 72 valence electrons. The molecule has 0 aromatic carbocycles. The van der Waals surface area contributed by atoms with Crippen LogP contribution >= 0.6 is 0 Å². The summed E-state index contributed by atoms with van der Waals surface area (Å²) in [7, 11) is 0.